The van der Waals surface area contributed by atoms with Crippen LogP contribution in [0.25, 0.3) is 0 Å². The third-order valence-corrected chi connectivity index (χ3v) is 4.48. The van der Waals surface area contributed by atoms with Crippen LogP contribution >= 0.6 is 11.6 Å². The number of benzene rings is 1. The maximum absolute atomic E-state index is 11.9. The fourth-order valence-corrected chi connectivity index (χ4v) is 3.18. The number of anilines is 1. The molecule has 1 unspecified atom stereocenters. The number of amides is 1. The highest BCUT2D eigenvalue weighted by molar-refractivity contribution is 7.91. The minimum absolute atomic E-state index is 0.0324. The molecular formula is C10H13ClN2O3S. The molecule has 1 aromatic carbocycles. The highest BCUT2D eigenvalue weighted by Gasteiger charge is 2.23. The summed E-state index contributed by atoms with van der Waals surface area (Å²) in [6.07, 6.45) is 0. The van der Waals surface area contributed by atoms with E-state index in [9.17, 15) is 13.2 Å². The summed E-state index contributed by atoms with van der Waals surface area (Å²) < 4.78 is 23.9. The van der Waals surface area contributed by atoms with Gasteiger partial charge >= 0.3 is 0 Å². The first kappa shape index (κ1) is 13.8. The first-order valence-corrected chi connectivity index (χ1v) is 6.84. The lowest BCUT2D eigenvalue weighted by Crippen LogP contribution is -2.27. The van der Waals surface area contributed by atoms with Gasteiger partial charge < -0.3 is 11.5 Å². The molecule has 1 atom stereocenters. The Kier molecular flexibility index (Phi) is 4.00. The molecule has 1 amide bonds. The van der Waals surface area contributed by atoms with Crippen molar-refractivity contribution in [2.24, 2.45) is 11.7 Å². The van der Waals surface area contributed by atoms with Gasteiger partial charge in [0.1, 0.15) is 0 Å². The van der Waals surface area contributed by atoms with Crippen LogP contribution in [-0.2, 0) is 14.6 Å². The molecule has 0 aliphatic heterocycles. The molecule has 0 bridgehead atoms. The summed E-state index contributed by atoms with van der Waals surface area (Å²) in [5.41, 5.74) is 10.7. The van der Waals surface area contributed by atoms with Crippen LogP contribution in [0.15, 0.2) is 23.1 Å². The number of nitrogens with two attached hydrogens (primary N) is 2. The second-order valence-corrected chi connectivity index (χ2v) is 6.21. The van der Waals surface area contributed by atoms with Gasteiger partial charge in [-0.25, -0.2) is 8.42 Å². The Morgan fingerprint density at radius 3 is 2.53 bits per heavy atom. The largest absolute Gasteiger partial charge is 0.398 e. The number of carbonyl (C=O) groups is 1. The van der Waals surface area contributed by atoms with Gasteiger partial charge in [-0.15, -0.1) is 0 Å². The van der Waals surface area contributed by atoms with Crippen LogP contribution in [-0.4, -0.2) is 20.1 Å². The Balaban J connectivity index is 3.10. The Hall–Kier alpha value is -1.27. The van der Waals surface area contributed by atoms with Gasteiger partial charge in [-0.1, -0.05) is 18.5 Å². The van der Waals surface area contributed by atoms with Crippen LogP contribution < -0.4 is 11.5 Å². The van der Waals surface area contributed by atoms with Gasteiger partial charge in [0.05, 0.1) is 16.3 Å². The average molecular weight is 277 g/mol. The van der Waals surface area contributed by atoms with E-state index >= 15 is 0 Å². The Morgan fingerprint density at radius 2 is 2.06 bits per heavy atom. The van der Waals surface area contributed by atoms with Gasteiger partial charge in [0.15, 0.2) is 9.84 Å². The maximum atomic E-state index is 11.9. The van der Waals surface area contributed by atoms with E-state index in [1.807, 2.05) is 0 Å². The summed E-state index contributed by atoms with van der Waals surface area (Å²) in [6.45, 7) is 1.45. The molecule has 0 aromatic heterocycles. The van der Waals surface area contributed by atoms with E-state index in [-0.39, 0.29) is 16.3 Å². The van der Waals surface area contributed by atoms with Crippen LogP contribution in [0.2, 0.25) is 5.02 Å². The monoisotopic (exact) mass is 276 g/mol. The maximum Gasteiger partial charge on any atom is 0.221 e. The lowest BCUT2D eigenvalue weighted by atomic mass is 10.2. The van der Waals surface area contributed by atoms with Crippen molar-refractivity contribution in [3.63, 3.8) is 0 Å². The first-order valence-electron chi connectivity index (χ1n) is 4.81. The quantitative estimate of drug-likeness (QED) is 0.795. The number of carbonyl (C=O) groups excluding carboxylic acids is 1. The zero-order chi connectivity index (χ0) is 13.2. The molecule has 0 saturated carbocycles. The summed E-state index contributed by atoms with van der Waals surface area (Å²) in [5.74, 6) is -1.80. The van der Waals surface area contributed by atoms with Gasteiger partial charge in [0.2, 0.25) is 5.91 Å². The topological polar surface area (TPSA) is 103 Å². The molecule has 0 radical (unpaired) electrons. The second-order valence-electron chi connectivity index (χ2n) is 3.77. The van der Waals surface area contributed by atoms with Gasteiger partial charge in [0, 0.05) is 10.9 Å². The third kappa shape index (κ3) is 3.34. The standard InChI is InChI=1S/C10H13ClN2O3S/c1-6(10(13)14)5-17(15,16)9-3-2-7(11)4-8(9)12/h2-4,6H,5,12H2,1H3,(H2,13,14). The SMILES string of the molecule is CC(CS(=O)(=O)c1ccc(Cl)cc1N)C(N)=O. The molecule has 94 valence electrons. The van der Waals surface area contributed by atoms with E-state index in [1.165, 1.54) is 25.1 Å². The normalized spacial score (nSPS) is 13.3. The molecular weight excluding hydrogens is 264 g/mol. The number of rotatable bonds is 4. The van der Waals surface area contributed by atoms with Crippen LogP contribution in [0.3, 0.4) is 0 Å². The lowest BCUT2D eigenvalue weighted by Gasteiger charge is -2.10. The number of nitrogen functional groups attached to an aromatic ring is 1. The van der Waals surface area contributed by atoms with Crippen LogP contribution in [0.4, 0.5) is 5.69 Å². The fourth-order valence-electron chi connectivity index (χ4n) is 1.30. The number of primary amides is 1. The van der Waals surface area contributed by atoms with E-state index in [2.05, 4.69) is 0 Å². The minimum Gasteiger partial charge on any atom is -0.398 e. The number of hydrogen-bond donors (Lipinski definition) is 2. The minimum atomic E-state index is -3.64. The van der Waals surface area contributed by atoms with Gasteiger partial charge in [-0.3, -0.25) is 4.79 Å². The van der Waals surface area contributed by atoms with Crippen molar-refractivity contribution in [2.75, 3.05) is 11.5 Å². The van der Waals surface area contributed by atoms with Crippen molar-refractivity contribution < 1.29 is 13.2 Å². The second kappa shape index (κ2) is 4.93. The van der Waals surface area contributed by atoms with E-state index in [0.717, 1.165) is 0 Å². The van der Waals surface area contributed by atoms with Crippen LogP contribution in [0, 0.1) is 5.92 Å². The highest BCUT2D eigenvalue weighted by Crippen LogP contribution is 2.24. The van der Waals surface area contributed by atoms with E-state index < -0.39 is 21.7 Å². The Labute approximate surface area is 105 Å². The van der Waals surface area contributed by atoms with Crippen molar-refractivity contribution in [3.05, 3.63) is 23.2 Å². The molecule has 17 heavy (non-hydrogen) atoms. The molecule has 1 rings (SSSR count). The number of halogens is 1. The summed E-state index contributed by atoms with van der Waals surface area (Å²) in [5, 5.41) is 0.351. The summed E-state index contributed by atoms with van der Waals surface area (Å²) in [6, 6.07) is 4.10. The summed E-state index contributed by atoms with van der Waals surface area (Å²) in [7, 11) is -3.64. The number of hydrogen-bond acceptors (Lipinski definition) is 4. The molecule has 0 saturated heterocycles. The summed E-state index contributed by atoms with van der Waals surface area (Å²) in [4.78, 5) is 10.8. The van der Waals surface area contributed by atoms with Crippen LogP contribution in [0.5, 0.6) is 0 Å². The zero-order valence-corrected chi connectivity index (χ0v) is 10.8. The van der Waals surface area contributed by atoms with Crippen molar-refractivity contribution in [2.45, 2.75) is 11.8 Å². The Bertz CT molecular complexity index is 542. The molecule has 0 heterocycles. The lowest BCUT2D eigenvalue weighted by molar-refractivity contribution is -0.120. The smallest absolute Gasteiger partial charge is 0.221 e. The molecule has 4 N–H and O–H groups in total. The molecule has 0 aliphatic carbocycles. The molecule has 0 aliphatic rings. The van der Waals surface area contributed by atoms with Crippen molar-refractivity contribution >= 4 is 33.0 Å². The fraction of sp³-hybridized carbons (Fsp3) is 0.300. The highest BCUT2D eigenvalue weighted by atomic mass is 35.5. The summed E-state index contributed by atoms with van der Waals surface area (Å²) >= 11 is 5.67. The predicted octanol–water partition coefficient (Wildman–Crippen LogP) is 0.817. The van der Waals surface area contributed by atoms with Gasteiger partial charge in [-0.05, 0) is 18.2 Å². The molecule has 0 fully saturated rings. The molecule has 1 aromatic rings. The Morgan fingerprint density at radius 1 is 1.47 bits per heavy atom. The van der Waals surface area contributed by atoms with Crippen molar-refractivity contribution in [1.82, 2.24) is 0 Å². The van der Waals surface area contributed by atoms with E-state index in [1.54, 1.807) is 0 Å². The first-order chi connectivity index (χ1) is 7.74. The predicted molar refractivity (Wildman–Crippen MR) is 66.3 cm³/mol. The average Bonchev–Trinajstić information content (AvgIpc) is 2.15. The third-order valence-electron chi connectivity index (χ3n) is 2.26. The van der Waals surface area contributed by atoms with Crippen molar-refractivity contribution in [3.8, 4) is 0 Å². The van der Waals surface area contributed by atoms with Crippen LogP contribution in [0.1, 0.15) is 6.92 Å². The van der Waals surface area contributed by atoms with E-state index in [0.29, 0.717) is 5.02 Å². The molecule has 5 nitrogen and oxygen atoms in total. The van der Waals surface area contributed by atoms with Crippen molar-refractivity contribution in [1.29, 1.82) is 0 Å². The molecule has 0 spiro atoms. The van der Waals surface area contributed by atoms with Gasteiger partial charge in [-0.2, -0.15) is 0 Å². The zero-order valence-electron chi connectivity index (χ0n) is 9.18. The number of sulfone groups is 1. The van der Waals surface area contributed by atoms with E-state index in [4.69, 9.17) is 23.1 Å². The van der Waals surface area contributed by atoms with Gasteiger partial charge in [0.25, 0.3) is 0 Å². The molecule has 7 heteroatoms.